The van der Waals surface area contributed by atoms with Crippen LogP contribution in [-0.4, -0.2) is 21.7 Å². The number of hydrogen-bond donors (Lipinski definition) is 1. The fourth-order valence-corrected chi connectivity index (χ4v) is 3.57. The molecule has 0 aliphatic heterocycles. The highest BCUT2D eigenvalue weighted by Crippen LogP contribution is 2.31. The van der Waals surface area contributed by atoms with Crippen LogP contribution in [0.1, 0.15) is 11.1 Å². The summed E-state index contributed by atoms with van der Waals surface area (Å²) in [4.78, 5) is 2.32. The van der Waals surface area contributed by atoms with Gasteiger partial charge in [-0.05, 0) is 42.0 Å². The maximum Gasteiger partial charge on any atom is 0.276 e. The van der Waals surface area contributed by atoms with Gasteiger partial charge in [0.2, 0.25) is 0 Å². The average Bonchev–Trinajstić information content (AvgIpc) is 2.73. The number of benzene rings is 3. The van der Waals surface area contributed by atoms with Crippen molar-refractivity contribution in [3.05, 3.63) is 88.9 Å². The third kappa shape index (κ3) is 5.49. The minimum atomic E-state index is -3.75. The molecular weight excluding hydrogens is 412 g/mol. The summed E-state index contributed by atoms with van der Waals surface area (Å²) in [5.74, 6) is 0.944. The second-order valence-corrected chi connectivity index (χ2v) is 8.06. The van der Waals surface area contributed by atoms with E-state index in [0.29, 0.717) is 22.1 Å². The Kier molecular flexibility index (Phi) is 6.74. The molecule has 8 heteroatoms. The van der Waals surface area contributed by atoms with E-state index < -0.39 is 10.0 Å². The van der Waals surface area contributed by atoms with E-state index in [4.69, 9.17) is 21.1 Å². The van der Waals surface area contributed by atoms with Crippen molar-refractivity contribution in [2.75, 3.05) is 7.11 Å². The number of nitrogens with one attached hydrogen (secondary N) is 1. The first kappa shape index (κ1) is 20.7. The number of rotatable bonds is 8. The third-order valence-corrected chi connectivity index (χ3v) is 5.41. The largest absolute Gasteiger partial charge is 0.493 e. The van der Waals surface area contributed by atoms with Gasteiger partial charge in [-0.3, -0.25) is 0 Å². The highest BCUT2D eigenvalue weighted by molar-refractivity contribution is 7.89. The fourth-order valence-electron chi connectivity index (χ4n) is 2.55. The van der Waals surface area contributed by atoms with E-state index in [1.807, 2.05) is 12.1 Å². The number of nitrogens with zero attached hydrogens (tertiary/aromatic N) is 1. The fraction of sp³-hybridized carbons (Fsp3) is 0.0952. The summed E-state index contributed by atoms with van der Waals surface area (Å²) in [6.07, 6.45) is 1.37. The predicted octanol–water partition coefficient (Wildman–Crippen LogP) is 4.24. The summed E-state index contributed by atoms with van der Waals surface area (Å²) in [5, 5.41) is 4.49. The molecule has 0 bridgehead atoms. The van der Waals surface area contributed by atoms with Gasteiger partial charge in [-0.2, -0.15) is 13.5 Å². The van der Waals surface area contributed by atoms with Crippen molar-refractivity contribution in [2.45, 2.75) is 11.5 Å². The SMILES string of the molecule is COc1cccc(/C=N\NS(=O)(=O)c2ccccc2)c1OCc1cccc(Cl)c1. The van der Waals surface area contributed by atoms with Gasteiger partial charge in [0.25, 0.3) is 10.0 Å². The van der Waals surface area contributed by atoms with Gasteiger partial charge in [0.05, 0.1) is 18.2 Å². The van der Waals surface area contributed by atoms with Crippen LogP contribution in [0, 0.1) is 0 Å². The van der Waals surface area contributed by atoms with Crippen LogP contribution in [0.25, 0.3) is 0 Å². The van der Waals surface area contributed by atoms with E-state index in [9.17, 15) is 8.42 Å². The molecule has 0 unspecified atom stereocenters. The van der Waals surface area contributed by atoms with Crippen molar-refractivity contribution in [3.8, 4) is 11.5 Å². The zero-order chi connectivity index (χ0) is 20.7. The lowest BCUT2D eigenvalue weighted by Crippen LogP contribution is -2.18. The van der Waals surface area contributed by atoms with Gasteiger partial charge >= 0.3 is 0 Å². The molecule has 0 spiro atoms. The van der Waals surface area contributed by atoms with Crippen LogP contribution in [0.4, 0.5) is 0 Å². The normalized spacial score (nSPS) is 11.4. The summed E-state index contributed by atoms with van der Waals surface area (Å²) < 4.78 is 35.8. The molecule has 3 aromatic rings. The molecule has 29 heavy (non-hydrogen) atoms. The Morgan fingerprint density at radius 3 is 2.52 bits per heavy atom. The van der Waals surface area contributed by atoms with Gasteiger partial charge in [-0.1, -0.05) is 48.0 Å². The number of para-hydroxylation sites is 1. The van der Waals surface area contributed by atoms with Crippen LogP contribution in [0.3, 0.4) is 0 Å². The molecule has 6 nitrogen and oxygen atoms in total. The molecule has 0 amide bonds. The van der Waals surface area contributed by atoms with Gasteiger partial charge in [-0.15, -0.1) is 0 Å². The molecule has 0 aromatic heterocycles. The van der Waals surface area contributed by atoms with Gasteiger partial charge in [-0.25, -0.2) is 4.83 Å². The second kappa shape index (κ2) is 9.45. The van der Waals surface area contributed by atoms with E-state index >= 15 is 0 Å². The predicted molar refractivity (Wildman–Crippen MR) is 113 cm³/mol. The minimum absolute atomic E-state index is 0.125. The highest BCUT2D eigenvalue weighted by atomic mass is 35.5. The first-order chi connectivity index (χ1) is 14.0. The third-order valence-electron chi connectivity index (χ3n) is 3.93. The van der Waals surface area contributed by atoms with Crippen LogP contribution in [0.5, 0.6) is 11.5 Å². The molecule has 0 fully saturated rings. The smallest absolute Gasteiger partial charge is 0.276 e. The summed E-state index contributed by atoms with van der Waals surface area (Å²) in [6.45, 7) is 0.261. The molecule has 3 rings (SSSR count). The maximum absolute atomic E-state index is 12.3. The number of methoxy groups -OCH3 is 1. The lowest BCUT2D eigenvalue weighted by atomic mass is 10.2. The molecule has 0 saturated carbocycles. The van der Waals surface area contributed by atoms with E-state index in [1.165, 1.54) is 25.5 Å². The molecular formula is C21H19ClN2O4S. The lowest BCUT2D eigenvalue weighted by molar-refractivity contribution is 0.284. The Hall–Kier alpha value is -3.03. The van der Waals surface area contributed by atoms with Gasteiger partial charge in [0.15, 0.2) is 11.5 Å². The molecule has 0 radical (unpaired) electrons. The van der Waals surface area contributed by atoms with Crippen LogP contribution < -0.4 is 14.3 Å². The molecule has 0 saturated heterocycles. The zero-order valence-electron chi connectivity index (χ0n) is 15.6. The van der Waals surface area contributed by atoms with E-state index in [0.717, 1.165) is 5.56 Å². The lowest BCUT2D eigenvalue weighted by Gasteiger charge is -2.13. The number of ether oxygens (including phenoxy) is 2. The Morgan fingerprint density at radius 2 is 1.79 bits per heavy atom. The van der Waals surface area contributed by atoms with Crippen LogP contribution in [0.2, 0.25) is 5.02 Å². The first-order valence-corrected chi connectivity index (χ1v) is 10.5. The van der Waals surface area contributed by atoms with Crippen LogP contribution >= 0.6 is 11.6 Å². The number of hydrazone groups is 1. The minimum Gasteiger partial charge on any atom is -0.493 e. The molecule has 150 valence electrons. The summed E-state index contributed by atoms with van der Waals surface area (Å²) in [5.41, 5.74) is 1.44. The quantitative estimate of drug-likeness (QED) is 0.428. The topological polar surface area (TPSA) is 77.0 Å². The van der Waals surface area contributed by atoms with E-state index in [1.54, 1.807) is 48.5 Å². The molecule has 3 aromatic carbocycles. The molecule has 0 atom stereocenters. The summed E-state index contributed by atoms with van der Waals surface area (Å²) in [7, 11) is -2.23. The Morgan fingerprint density at radius 1 is 1.03 bits per heavy atom. The average molecular weight is 431 g/mol. The Bertz CT molecular complexity index is 1100. The van der Waals surface area contributed by atoms with E-state index in [-0.39, 0.29) is 11.5 Å². The second-order valence-electron chi connectivity index (χ2n) is 5.96. The zero-order valence-corrected chi connectivity index (χ0v) is 17.2. The highest BCUT2D eigenvalue weighted by Gasteiger charge is 2.13. The van der Waals surface area contributed by atoms with Crippen LogP contribution in [0.15, 0.2) is 82.8 Å². The van der Waals surface area contributed by atoms with Gasteiger partial charge < -0.3 is 9.47 Å². The van der Waals surface area contributed by atoms with Gasteiger partial charge in [0, 0.05) is 10.6 Å². The number of halogens is 1. The Balaban J connectivity index is 1.79. The van der Waals surface area contributed by atoms with E-state index in [2.05, 4.69) is 9.93 Å². The van der Waals surface area contributed by atoms with Crippen molar-refractivity contribution in [2.24, 2.45) is 5.10 Å². The standard InChI is InChI=1S/C21H19ClN2O4S/c1-27-20-12-6-8-17(21(20)28-15-16-7-5-9-18(22)13-16)14-23-24-29(25,26)19-10-3-2-4-11-19/h2-14,24H,15H2,1H3/b23-14-. The first-order valence-electron chi connectivity index (χ1n) is 8.64. The van der Waals surface area contributed by atoms with Crippen molar-refractivity contribution in [1.29, 1.82) is 0 Å². The summed E-state index contributed by atoms with van der Waals surface area (Å²) >= 11 is 6.01. The summed E-state index contributed by atoms with van der Waals surface area (Å²) in [6, 6.07) is 20.6. The number of sulfonamides is 1. The van der Waals surface area contributed by atoms with Gasteiger partial charge in [0.1, 0.15) is 6.61 Å². The molecule has 0 heterocycles. The van der Waals surface area contributed by atoms with Crippen molar-refractivity contribution in [1.82, 2.24) is 4.83 Å². The van der Waals surface area contributed by atoms with Crippen molar-refractivity contribution < 1.29 is 17.9 Å². The van der Waals surface area contributed by atoms with Crippen LogP contribution in [-0.2, 0) is 16.6 Å². The maximum atomic E-state index is 12.3. The monoisotopic (exact) mass is 430 g/mol. The van der Waals surface area contributed by atoms with Crippen molar-refractivity contribution in [3.63, 3.8) is 0 Å². The molecule has 0 aliphatic rings. The number of hydrogen-bond acceptors (Lipinski definition) is 5. The van der Waals surface area contributed by atoms with Crippen molar-refractivity contribution >= 4 is 27.8 Å². The Labute approximate surface area is 174 Å². The molecule has 0 aliphatic carbocycles. The molecule has 1 N–H and O–H groups in total.